The largest absolute Gasteiger partial charge is 0.493 e. The van der Waals surface area contributed by atoms with Gasteiger partial charge in [0.1, 0.15) is 5.75 Å². The van der Waals surface area contributed by atoms with Gasteiger partial charge in [-0.25, -0.2) is 0 Å². The Hall–Kier alpha value is -0.690. The van der Waals surface area contributed by atoms with E-state index in [2.05, 4.69) is 39.0 Å². The summed E-state index contributed by atoms with van der Waals surface area (Å²) in [6.07, 6.45) is 5.76. The van der Waals surface area contributed by atoms with Gasteiger partial charge in [0.15, 0.2) is 0 Å². The topological polar surface area (TPSA) is 9.23 Å². The minimum absolute atomic E-state index is 0.215. The Kier molecular flexibility index (Phi) is 4.78. The first kappa shape index (κ1) is 14.7. The lowest BCUT2D eigenvalue weighted by Crippen LogP contribution is -2.20. The van der Waals surface area contributed by atoms with Crippen LogP contribution in [0.25, 0.3) is 0 Å². The van der Waals surface area contributed by atoms with E-state index >= 15 is 0 Å². The predicted molar refractivity (Wildman–Crippen MR) is 82.3 cm³/mol. The smallest absolute Gasteiger partial charge is 0.122 e. The maximum Gasteiger partial charge on any atom is 0.122 e. The minimum atomic E-state index is 0.215. The Bertz CT molecular complexity index is 420. The van der Waals surface area contributed by atoms with Gasteiger partial charge in [-0.05, 0) is 41.9 Å². The second-order valence-corrected chi connectivity index (χ2v) is 7.15. The predicted octanol–water partition coefficient (Wildman–Crippen LogP) is 4.99. The monoisotopic (exact) mass is 280 g/mol. The fourth-order valence-electron chi connectivity index (χ4n) is 2.48. The molecule has 1 atom stereocenters. The molecule has 0 fully saturated rings. The van der Waals surface area contributed by atoms with Crippen molar-refractivity contribution in [2.75, 3.05) is 6.61 Å². The summed E-state index contributed by atoms with van der Waals surface area (Å²) >= 11 is 6.40. The molecule has 0 amide bonds. The molecule has 0 N–H and O–H groups in total. The van der Waals surface area contributed by atoms with Gasteiger partial charge < -0.3 is 4.74 Å². The molecule has 1 aliphatic heterocycles. The molecule has 106 valence electrons. The number of fused-ring (bicyclic) bond motifs is 1. The number of benzene rings is 1. The third-order valence-corrected chi connectivity index (χ3v) is 4.74. The van der Waals surface area contributed by atoms with Crippen LogP contribution in [0.2, 0.25) is 0 Å². The number of unbranched alkanes of at least 4 members (excludes halogenated alkanes) is 1. The zero-order valence-electron chi connectivity index (χ0n) is 12.3. The summed E-state index contributed by atoms with van der Waals surface area (Å²) in [5.41, 5.74) is 3.03. The van der Waals surface area contributed by atoms with Gasteiger partial charge in [0, 0.05) is 11.8 Å². The Morgan fingerprint density at radius 2 is 2.05 bits per heavy atom. The molecule has 2 rings (SSSR count). The molecule has 0 aromatic heterocycles. The second-order valence-electron chi connectivity index (χ2n) is 6.62. The fraction of sp³-hybridized carbons (Fsp3) is 0.647. The number of aryl methyl sites for hydroxylation is 1. The Morgan fingerprint density at radius 3 is 2.79 bits per heavy atom. The van der Waals surface area contributed by atoms with E-state index in [1.54, 1.807) is 0 Å². The Balaban J connectivity index is 1.74. The van der Waals surface area contributed by atoms with E-state index in [1.807, 2.05) is 0 Å². The SMILES string of the molecule is CC(C)(C)C(Cl)CCCCc1ccc2c(c1)CCO2. The standard InChI is InChI=1S/C17H25ClO/c1-17(2,3)16(18)7-5-4-6-13-8-9-15-14(12-13)10-11-19-15/h8-9,12,16H,4-7,10-11H2,1-3H3. The van der Waals surface area contributed by atoms with E-state index in [0.29, 0.717) is 0 Å². The van der Waals surface area contributed by atoms with Gasteiger partial charge in [0.2, 0.25) is 0 Å². The van der Waals surface area contributed by atoms with Crippen molar-refractivity contribution < 1.29 is 4.74 Å². The molecule has 1 aromatic rings. The summed E-state index contributed by atoms with van der Waals surface area (Å²) in [5, 5.41) is 0.279. The van der Waals surface area contributed by atoms with E-state index in [0.717, 1.165) is 31.6 Å². The van der Waals surface area contributed by atoms with Crippen LogP contribution in [0.3, 0.4) is 0 Å². The molecule has 0 saturated heterocycles. The first-order chi connectivity index (χ1) is 8.97. The third-order valence-electron chi connectivity index (χ3n) is 3.87. The van der Waals surface area contributed by atoms with Crippen molar-refractivity contribution in [3.05, 3.63) is 29.3 Å². The maximum absolute atomic E-state index is 6.40. The Morgan fingerprint density at radius 1 is 1.26 bits per heavy atom. The van der Waals surface area contributed by atoms with Crippen molar-refractivity contribution >= 4 is 11.6 Å². The van der Waals surface area contributed by atoms with Gasteiger partial charge in [-0.3, -0.25) is 0 Å². The zero-order chi connectivity index (χ0) is 13.9. The molecule has 1 nitrogen and oxygen atoms in total. The third kappa shape index (κ3) is 4.14. The quantitative estimate of drug-likeness (QED) is 0.545. The molecule has 2 heteroatoms. The molecule has 0 saturated carbocycles. The van der Waals surface area contributed by atoms with Gasteiger partial charge >= 0.3 is 0 Å². The summed E-state index contributed by atoms with van der Waals surface area (Å²) < 4.78 is 5.53. The van der Waals surface area contributed by atoms with Crippen molar-refractivity contribution in [1.29, 1.82) is 0 Å². The highest BCUT2D eigenvalue weighted by atomic mass is 35.5. The van der Waals surface area contributed by atoms with E-state index in [4.69, 9.17) is 16.3 Å². The van der Waals surface area contributed by atoms with Crippen LogP contribution in [-0.2, 0) is 12.8 Å². The number of rotatable bonds is 5. The summed E-state index contributed by atoms with van der Waals surface area (Å²) in [6.45, 7) is 7.49. The van der Waals surface area contributed by atoms with Crippen molar-refractivity contribution in [2.45, 2.75) is 58.3 Å². The molecule has 0 spiro atoms. The van der Waals surface area contributed by atoms with E-state index < -0.39 is 0 Å². The molecule has 0 radical (unpaired) electrons. The average molecular weight is 281 g/mol. The fourth-order valence-corrected chi connectivity index (χ4v) is 2.64. The summed E-state index contributed by atoms with van der Waals surface area (Å²) in [5.74, 6) is 1.08. The first-order valence-corrected chi connectivity index (χ1v) is 7.79. The summed E-state index contributed by atoms with van der Waals surface area (Å²) in [6, 6.07) is 6.63. The van der Waals surface area contributed by atoms with E-state index in [1.165, 1.54) is 24.0 Å². The number of ether oxygens (including phenoxy) is 1. The highest BCUT2D eigenvalue weighted by Crippen LogP contribution is 2.29. The highest BCUT2D eigenvalue weighted by Gasteiger charge is 2.21. The molecule has 0 bridgehead atoms. The number of hydrogen-bond acceptors (Lipinski definition) is 1. The van der Waals surface area contributed by atoms with Crippen molar-refractivity contribution in [2.24, 2.45) is 5.41 Å². The van der Waals surface area contributed by atoms with Crippen molar-refractivity contribution in [3.8, 4) is 5.75 Å². The number of halogens is 1. The molecule has 1 aliphatic rings. The van der Waals surface area contributed by atoms with E-state index in [-0.39, 0.29) is 10.8 Å². The highest BCUT2D eigenvalue weighted by molar-refractivity contribution is 6.21. The van der Waals surface area contributed by atoms with Crippen LogP contribution in [0, 0.1) is 5.41 Å². The van der Waals surface area contributed by atoms with Crippen LogP contribution in [-0.4, -0.2) is 12.0 Å². The average Bonchev–Trinajstić information content (AvgIpc) is 2.80. The summed E-state index contributed by atoms with van der Waals surface area (Å²) in [4.78, 5) is 0. The molecule has 1 aromatic carbocycles. The van der Waals surface area contributed by atoms with Gasteiger partial charge in [-0.1, -0.05) is 39.3 Å². The second kappa shape index (κ2) is 6.17. The van der Waals surface area contributed by atoms with Gasteiger partial charge in [-0.2, -0.15) is 0 Å². The number of alkyl halides is 1. The minimum Gasteiger partial charge on any atom is -0.493 e. The van der Waals surface area contributed by atoms with Crippen molar-refractivity contribution in [3.63, 3.8) is 0 Å². The lowest BCUT2D eigenvalue weighted by Gasteiger charge is -2.24. The van der Waals surface area contributed by atoms with Crippen LogP contribution >= 0.6 is 11.6 Å². The Labute approximate surface area is 122 Å². The van der Waals surface area contributed by atoms with Gasteiger partial charge in [0.25, 0.3) is 0 Å². The maximum atomic E-state index is 6.40. The van der Waals surface area contributed by atoms with Crippen molar-refractivity contribution in [1.82, 2.24) is 0 Å². The van der Waals surface area contributed by atoms with Crippen LogP contribution in [0.15, 0.2) is 18.2 Å². The van der Waals surface area contributed by atoms with Crippen LogP contribution in [0.4, 0.5) is 0 Å². The normalized spacial score (nSPS) is 16.0. The molecular weight excluding hydrogens is 256 g/mol. The summed E-state index contributed by atoms with van der Waals surface area (Å²) in [7, 11) is 0. The lowest BCUT2D eigenvalue weighted by atomic mass is 9.88. The number of hydrogen-bond donors (Lipinski definition) is 0. The van der Waals surface area contributed by atoms with Crippen LogP contribution < -0.4 is 4.74 Å². The lowest BCUT2D eigenvalue weighted by molar-refractivity contribution is 0.356. The van der Waals surface area contributed by atoms with Gasteiger partial charge in [0.05, 0.1) is 6.61 Å². The van der Waals surface area contributed by atoms with Crippen LogP contribution in [0.5, 0.6) is 5.75 Å². The molecule has 19 heavy (non-hydrogen) atoms. The molecule has 1 unspecified atom stereocenters. The van der Waals surface area contributed by atoms with Gasteiger partial charge in [-0.15, -0.1) is 11.6 Å². The molecular formula is C17H25ClO. The van der Waals surface area contributed by atoms with Crippen LogP contribution in [0.1, 0.15) is 51.2 Å². The first-order valence-electron chi connectivity index (χ1n) is 7.35. The molecule has 0 aliphatic carbocycles. The zero-order valence-corrected chi connectivity index (χ0v) is 13.1. The molecule has 1 heterocycles. The van der Waals surface area contributed by atoms with E-state index in [9.17, 15) is 0 Å².